The molecule has 0 atom stereocenters. The Hall–Kier alpha value is -0.646. The fourth-order valence-corrected chi connectivity index (χ4v) is 3.02. The van der Waals surface area contributed by atoms with Gasteiger partial charge in [0.15, 0.2) is 9.76 Å². The van der Waals surface area contributed by atoms with Crippen LogP contribution in [0.5, 0.6) is 0 Å². The first-order chi connectivity index (χ1) is 6.34. The lowest BCUT2D eigenvalue weighted by molar-refractivity contribution is 0.657. The van der Waals surface area contributed by atoms with Crippen LogP contribution in [0.25, 0.3) is 5.57 Å². The third kappa shape index (κ3) is 3.71. The largest absolute Gasteiger partial charge is 0.462 e. The molecule has 0 aromatic heterocycles. The van der Waals surface area contributed by atoms with Crippen molar-refractivity contribution in [3.05, 3.63) is 41.6 Å². The molecule has 0 saturated carbocycles. The molecule has 0 bridgehead atoms. The normalized spacial score (nSPS) is 13.5. The van der Waals surface area contributed by atoms with Gasteiger partial charge in [-0.05, 0) is 12.5 Å². The van der Waals surface area contributed by atoms with Gasteiger partial charge in [0.05, 0.1) is 0 Å². The molecule has 0 heterocycles. The van der Waals surface area contributed by atoms with Gasteiger partial charge >= 0.3 is 0 Å². The number of allylic oxidation sites excluding steroid dienone is 1. The second kappa shape index (κ2) is 5.91. The van der Waals surface area contributed by atoms with E-state index in [-0.39, 0.29) is 19.5 Å². The van der Waals surface area contributed by atoms with Gasteiger partial charge in [0.1, 0.15) is 9.76 Å². The average molecular weight is 208 g/mol. The van der Waals surface area contributed by atoms with Crippen molar-refractivity contribution in [2.24, 2.45) is 0 Å². The van der Waals surface area contributed by atoms with Crippen molar-refractivity contribution >= 4 is 25.1 Å². The third-order valence-electron chi connectivity index (χ3n) is 1.94. The van der Waals surface area contributed by atoms with Crippen molar-refractivity contribution in [1.82, 2.24) is 0 Å². The van der Waals surface area contributed by atoms with Crippen LogP contribution < -0.4 is 0 Å². The average Bonchev–Trinajstić information content (AvgIpc) is 2.19. The van der Waals surface area contributed by atoms with Gasteiger partial charge in [-0.25, -0.2) is 0 Å². The zero-order chi connectivity index (χ0) is 9.52. The predicted molar refractivity (Wildman–Crippen MR) is 64.1 cm³/mol. The van der Waals surface area contributed by atoms with Crippen LogP contribution in [0.4, 0.5) is 0 Å². The van der Waals surface area contributed by atoms with Crippen LogP contribution in [-0.4, -0.2) is 19.5 Å². The van der Waals surface area contributed by atoms with Crippen molar-refractivity contribution in [2.45, 2.75) is 13.5 Å². The molecule has 1 nitrogen and oxygen atoms in total. The number of benzene rings is 1. The summed E-state index contributed by atoms with van der Waals surface area (Å²) in [5, 5.41) is 0. The molecule has 13 heavy (non-hydrogen) atoms. The van der Waals surface area contributed by atoms with Crippen LogP contribution in [0.2, 0.25) is 6.55 Å². The van der Waals surface area contributed by atoms with Crippen LogP contribution in [0.3, 0.4) is 0 Å². The molecule has 0 spiro atoms. The Kier molecular flexibility index (Phi) is 4.74. The van der Waals surface area contributed by atoms with Crippen molar-refractivity contribution in [3.63, 3.8) is 0 Å². The molecule has 1 aromatic carbocycles. The summed E-state index contributed by atoms with van der Waals surface area (Å²) >= 11 is 0. The van der Waals surface area contributed by atoms with Crippen LogP contribution in [-0.2, 0) is 4.12 Å². The summed E-state index contributed by atoms with van der Waals surface area (Å²) in [5.74, 6) is 0. The summed E-state index contributed by atoms with van der Waals surface area (Å²) in [6, 6.07) is 10.5. The minimum atomic E-state index is -0.380. The van der Waals surface area contributed by atoms with Gasteiger partial charge < -0.3 is 4.12 Å². The van der Waals surface area contributed by atoms with Gasteiger partial charge in [0.2, 0.25) is 0 Å². The Morgan fingerprint density at radius 2 is 2.00 bits per heavy atom. The molecule has 0 fully saturated rings. The quantitative estimate of drug-likeness (QED) is 0.535. The minimum absolute atomic E-state index is 0.192. The molecule has 0 N–H and O–H groups in total. The molecule has 0 radical (unpaired) electrons. The van der Waals surface area contributed by atoms with E-state index in [1.807, 2.05) is 6.07 Å². The minimum Gasteiger partial charge on any atom is -0.462 e. The number of hydrogen-bond donors (Lipinski definition) is 0. The summed E-state index contributed by atoms with van der Waals surface area (Å²) < 4.78 is 5.53. The molecule has 0 amide bonds. The first-order valence-corrected chi connectivity index (χ1v) is 8.03. The first-order valence-electron chi connectivity index (χ1n) is 4.64. The van der Waals surface area contributed by atoms with E-state index >= 15 is 0 Å². The topological polar surface area (TPSA) is 9.23 Å². The number of hydrogen-bond acceptors (Lipinski definition) is 1. The molecule has 1 rings (SSSR count). The second-order valence-electron chi connectivity index (χ2n) is 2.91. The summed E-state index contributed by atoms with van der Waals surface area (Å²) in [7, 11) is -0.572. The highest BCUT2D eigenvalue weighted by Crippen LogP contribution is 2.11. The SMILES string of the molecule is C[SiH2]O[SiH2]C=C(C)c1ccccc1. The molecule has 0 saturated heterocycles. The molecule has 0 aliphatic heterocycles. The zero-order valence-electron chi connectivity index (χ0n) is 8.29. The lowest BCUT2D eigenvalue weighted by Crippen LogP contribution is -1.97. The highest BCUT2D eigenvalue weighted by Gasteiger charge is 1.92. The maximum Gasteiger partial charge on any atom is 0.171 e. The molecule has 0 unspecified atom stereocenters. The van der Waals surface area contributed by atoms with Gasteiger partial charge in [-0.3, -0.25) is 0 Å². The van der Waals surface area contributed by atoms with Crippen LogP contribution in [0.15, 0.2) is 36.0 Å². The Morgan fingerprint density at radius 3 is 2.62 bits per heavy atom. The van der Waals surface area contributed by atoms with E-state index in [1.54, 1.807) is 0 Å². The zero-order valence-corrected chi connectivity index (χ0v) is 11.1. The summed E-state index contributed by atoms with van der Waals surface area (Å²) in [5.41, 5.74) is 4.96. The molecular weight excluding hydrogens is 192 g/mol. The fourth-order valence-electron chi connectivity index (χ4n) is 1.12. The standard InChI is InChI=1S/C10H16OSi2/c1-9(8-13-11-12-2)10-6-4-3-5-7-10/h3-8H,12-13H2,1-2H3. The Labute approximate surface area is 84.7 Å². The Bertz CT molecular complexity index is 270. The lowest BCUT2D eigenvalue weighted by Gasteiger charge is -2.00. The van der Waals surface area contributed by atoms with Crippen molar-refractivity contribution in [2.75, 3.05) is 0 Å². The van der Waals surface area contributed by atoms with Gasteiger partial charge in [-0.1, -0.05) is 48.2 Å². The van der Waals surface area contributed by atoms with Crippen molar-refractivity contribution in [1.29, 1.82) is 0 Å². The highest BCUT2D eigenvalue weighted by atomic mass is 28.3. The van der Waals surface area contributed by atoms with Gasteiger partial charge in [0, 0.05) is 0 Å². The number of rotatable bonds is 4. The van der Waals surface area contributed by atoms with E-state index in [0.29, 0.717) is 0 Å². The molecular formula is C10H16OSi2. The molecule has 1 aromatic rings. The van der Waals surface area contributed by atoms with E-state index in [1.165, 1.54) is 11.1 Å². The Balaban J connectivity index is 2.57. The van der Waals surface area contributed by atoms with E-state index in [2.05, 4.69) is 43.4 Å². The van der Waals surface area contributed by atoms with E-state index < -0.39 is 0 Å². The predicted octanol–water partition coefficient (Wildman–Crippen LogP) is 1.28. The summed E-state index contributed by atoms with van der Waals surface area (Å²) in [4.78, 5) is 0. The monoisotopic (exact) mass is 208 g/mol. The van der Waals surface area contributed by atoms with Gasteiger partial charge in [-0.15, -0.1) is 0 Å². The smallest absolute Gasteiger partial charge is 0.171 e. The van der Waals surface area contributed by atoms with Crippen LogP contribution in [0, 0.1) is 0 Å². The van der Waals surface area contributed by atoms with E-state index in [9.17, 15) is 0 Å². The summed E-state index contributed by atoms with van der Waals surface area (Å²) in [6.07, 6.45) is 0. The van der Waals surface area contributed by atoms with Crippen LogP contribution in [0.1, 0.15) is 12.5 Å². The Morgan fingerprint density at radius 1 is 1.31 bits per heavy atom. The maximum atomic E-state index is 5.53. The summed E-state index contributed by atoms with van der Waals surface area (Å²) in [6.45, 7) is 4.33. The molecule has 70 valence electrons. The molecule has 3 heteroatoms. The third-order valence-corrected chi connectivity index (χ3v) is 5.30. The van der Waals surface area contributed by atoms with Crippen LogP contribution >= 0.6 is 0 Å². The van der Waals surface area contributed by atoms with Gasteiger partial charge in [-0.2, -0.15) is 0 Å². The fraction of sp³-hybridized carbons (Fsp3) is 0.200. The van der Waals surface area contributed by atoms with E-state index in [4.69, 9.17) is 4.12 Å². The molecule has 0 aliphatic carbocycles. The maximum absolute atomic E-state index is 5.53. The van der Waals surface area contributed by atoms with Crippen molar-refractivity contribution < 1.29 is 4.12 Å². The first kappa shape index (κ1) is 10.4. The molecule has 0 aliphatic rings. The van der Waals surface area contributed by atoms with Crippen molar-refractivity contribution in [3.8, 4) is 0 Å². The van der Waals surface area contributed by atoms with E-state index in [0.717, 1.165) is 0 Å². The second-order valence-corrected chi connectivity index (χ2v) is 5.86. The highest BCUT2D eigenvalue weighted by molar-refractivity contribution is 6.46. The lowest BCUT2D eigenvalue weighted by atomic mass is 10.1. The van der Waals surface area contributed by atoms with Gasteiger partial charge in [0.25, 0.3) is 0 Å².